The van der Waals surface area contributed by atoms with Crippen LogP contribution < -0.4 is 11.3 Å². The molecule has 0 spiro atoms. The van der Waals surface area contributed by atoms with Crippen molar-refractivity contribution in [3.8, 4) is 0 Å². The molecule has 0 radical (unpaired) electrons. The predicted octanol–water partition coefficient (Wildman–Crippen LogP) is 3.41. The van der Waals surface area contributed by atoms with Crippen LogP contribution in [0.5, 0.6) is 0 Å². The molecule has 106 valence electrons. The molecule has 5 heteroatoms. The van der Waals surface area contributed by atoms with Gasteiger partial charge in [0.1, 0.15) is 0 Å². The number of hydrogen-bond donors (Lipinski definition) is 1. The Hall–Kier alpha value is -1.39. The molecule has 0 bridgehead atoms. The van der Waals surface area contributed by atoms with E-state index in [0.29, 0.717) is 12.2 Å². The summed E-state index contributed by atoms with van der Waals surface area (Å²) < 4.78 is 1.66. The average molecular weight is 309 g/mol. The molecule has 0 fully saturated rings. The van der Waals surface area contributed by atoms with Crippen LogP contribution in [0.1, 0.15) is 12.0 Å². The highest BCUT2D eigenvalue weighted by Gasteiger charge is 1.98. The standard InChI is InChI=1S/C15H17ClN2OS/c16-13-4-2-12(3-5-13)11-20-9-1-8-18-10-14(17)6-7-15(18)19/h2-7,10H,1,8-9,11,17H2. The van der Waals surface area contributed by atoms with Gasteiger partial charge in [0, 0.05) is 35.3 Å². The van der Waals surface area contributed by atoms with Gasteiger partial charge in [0.05, 0.1) is 0 Å². The Morgan fingerprint density at radius 3 is 2.65 bits per heavy atom. The van der Waals surface area contributed by atoms with Crippen LogP contribution in [0.25, 0.3) is 0 Å². The number of nitrogens with zero attached hydrogens (tertiary/aromatic N) is 1. The summed E-state index contributed by atoms with van der Waals surface area (Å²) in [5.74, 6) is 1.97. The van der Waals surface area contributed by atoms with Crippen LogP contribution >= 0.6 is 23.4 Å². The molecule has 20 heavy (non-hydrogen) atoms. The van der Waals surface area contributed by atoms with Crippen molar-refractivity contribution in [2.75, 3.05) is 11.5 Å². The van der Waals surface area contributed by atoms with Crippen molar-refractivity contribution in [3.63, 3.8) is 0 Å². The van der Waals surface area contributed by atoms with Crippen molar-refractivity contribution < 1.29 is 0 Å². The molecule has 2 aromatic rings. The van der Waals surface area contributed by atoms with Crippen LogP contribution in [0.3, 0.4) is 0 Å². The monoisotopic (exact) mass is 308 g/mol. The minimum atomic E-state index is 0.00176. The average Bonchev–Trinajstić information content (AvgIpc) is 2.44. The van der Waals surface area contributed by atoms with Gasteiger partial charge in [0.15, 0.2) is 0 Å². The van der Waals surface area contributed by atoms with Gasteiger partial charge in [-0.1, -0.05) is 23.7 Å². The number of thioether (sulfide) groups is 1. The van der Waals surface area contributed by atoms with Gasteiger partial charge in [0.25, 0.3) is 5.56 Å². The first-order chi connectivity index (χ1) is 9.65. The highest BCUT2D eigenvalue weighted by molar-refractivity contribution is 7.98. The smallest absolute Gasteiger partial charge is 0.250 e. The van der Waals surface area contributed by atoms with E-state index < -0.39 is 0 Å². The van der Waals surface area contributed by atoms with E-state index in [2.05, 4.69) is 0 Å². The minimum Gasteiger partial charge on any atom is -0.398 e. The predicted molar refractivity (Wildman–Crippen MR) is 87.3 cm³/mol. The highest BCUT2D eigenvalue weighted by Crippen LogP contribution is 2.16. The van der Waals surface area contributed by atoms with Crippen molar-refractivity contribution in [1.29, 1.82) is 0 Å². The van der Waals surface area contributed by atoms with E-state index in [4.69, 9.17) is 17.3 Å². The maximum absolute atomic E-state index is 11.6. The molecule has 0 aliphatic heterocycles. The number of pyridine rings is 1. The Morgan fingerprint density at radius 1 is 1.15 bits per heavy atom. The molecule has 1 aromatic heterocycles. The van der Waals surface area contributed by atoms with E-state index in [1.54, 1.807) is 16.8 Å². The van der Waals surface area contributed by atoms with Crippen LogP contribution in [-0.2, 0) is 12.3 Å². The zero-order chi connectivity index (χ0) is 14.4. The number of nitrogens with two attached hydrogens (primary N) is 1. The Kier molecular flexibility index (Phi) is 5.56. The Bertz CT molecular complexity index is 610. The first-order valence-corrected chi connectivity index (χ1v) is 7.96. The lowest BCUT2D eigenvalue weighted by molar-refractivity contribution is 0.660. The number of nitrogen functional groups attached to an aromatic ring is 1. The fourth-order valence-electron chi connectivity index (χ4n) is 1.83. The van der Waals surface area contributed by atoms with E-state index in [9.17, 15) is 4.79 Å². The van der Waals surface area contributed by atoms with E-state index in [1.165, 1.54) is 11.6 Å². The van der Waals surface area contributed by atoms with Crippen LogP contribution in [-0.4, -0.2) is 10.3 Å². The Balaban J connectivity index is 1.73. The minimum absolute atomic E-state index is 0.00176. The van der Waals surface area contributed by atoms with Crippen molar-refractivity contribution in [2.45, 2.75) is 18.7 Å². The lowest BCUT2D eigenvalue weighted by Crippen LogP contribution is -2.19. The van der Waals surface area contributed by atoms with Gasteiger partial charge in [0.2, 0.25) is 0 Å². The van der Waals surface area contributed by atoms with Crippen LogP contribution in [0, 0.1) is 0 Å². The lowest BCUT2D eigenvalue weighted by atomic mass is 10.2. The number of anilines is 1. The molecule has 1 heterocycles. The number of aromatic nitrogens is 1. The molecule has 1 aromatic carbocycles. The van der Waals surface area contributed by atoms with Gasteiger partial charge in [-0.25, -0.2) is 0 Å². The third-order valence-electron chi connectivity index (χ3n) is 2.88. The second-order valence-corrected chi connectivity index (χ2v) is 6.07. The second kappa shape index (κ2) is 7.41. The van der Waals surface area contributed by atoms with Gasteiger partial charge in [-0.3, -0.25) is 4.79 Å². The third kappa shape index (κ3) is 4.62. The number of benzene rings is 1. The van der Waals surface area contributed by atoms with Crippen LogP contribution in [0.2, 0.25) is 5.02 Å². The summed E-state index contributed by atoms with van der Waals surface area (Å²) in [7, 11) is 0. The molecule has 0 saturated carbocycles. The molecule has 0 atom stereocenters. The summed E-state index contributed by atoms with van der Waals surface area (Å²) in [6.45, 7) is 0.706. The normalized spacial score (nSPS) is 10.7. The van der Waals surface area contributed by atoms with Gasteiger partial charge >= 0.3 is 0 Å². The number of halogens is 1. The van der Waals surface area contributed by atoms with E-state index in [0.717, 1.165) is 22.9 Å². The quantitative estimate of drug-likeness (QED) is 0.832. The fourth-order valence-corrected chi connectivity index (χ4v) is 2.86. The van der Waals surface area contributed by atoms with E-state index >= 15 is 0 Å². The summed E-state index contributed by atoms with van der Waals surface area (Å²) >= 11 is 7.69. The summed E-state index contributed by atoms with van der Waals surface area (Å²) in [5, 5.41) is 0.764. The van der Waals surface area contributed by atoms with Crippen molar-refractivity contribution >= 4 is 29.1 Å². The molecule has 0 unspecified atom stereocenters. The van der Waals surface area contributed by atoms with Gasteiger partial charge < -0.3 is 10.3 Å². The van der Waals surface area contributed by atoms with Crippen molar-refractivity contribution in [2.24, 2.45) is 0 Å². The molecular weight excluding hydrogens is 292 g/mol. The summed E-state index contributed by atoms with van der Waals surface area (Å²) in [4.78, 5) is 11.6. The number of rotatable bonds is 6. The SMILES string of the molecule is Nc1ccc(=O)n(CCCSCc2ccc(Cl)cc2)c1. The topological polar surface area (TPSA) is 48.0 Å². The maximum atomic E-state index is 11.6. The first kappa shape index (κ1) is 15.0. The summed E-state index contributed by atoms with van der Waals surface area (Å²) in [5.41, 5.74) is 7.56. The van der Waals surface area contributed by atoms with Gasteiger partial charge in [-0.05, 0) is 35.9 Å². The highest BCUT2D eigenvalue weighted by atomic mass is 35.5. The lowest BCUT2D eigenvalue weighted by Gasteiger charge is -2.06. The zero-order valence-electron chi connectivity index (χ0n) is 11.1. The molecule has 2 rings (SSSR count). The second-order valence-electron chi connectivity index (χ2n) is 4.53. The van der Waals surface area contributed by atoms with E-state index in [-0.39, 0.29) is 5.56 Å². The zero-order valence-corrected chi connectivity index (χ0v) is 12.7. The summed E-state index contributed by atoms with van der Waals surface area (Å²) in [6, 6.07) is 11.0. The molecule has 0 aliphatic carbocycles. The first-order valence-electron chi connectivity index (χ1n) is 6.43. The fraction of sp³-hybridized carbons (Fsp3) is 0.267. The number of aryl methyl sites for hydroxylation is 1. The van der Waals surface area contributed by atoms with Crippen molar-refractivity contribution in [1.82, 2.24) is 4.57 Å². The summed E-state index contributed by atoms with van der Waals surface area (Å²) in [6.07, 6.45) is 2.65. The number of hydrogen-bond acceptors (Lipinski definition) is 3. The molecule has 0 amide bonds. The molecular formula is C15H17ClN2OS. The maximum Gasteiger partial charge on any atom is 0.250 e. The van der Waals surface area contributed by atoms with Crippen LogP contribution in [0.4, 0.5) is 5.69 Å². The molecule has 0 aliphatic rings. The molecule has 2 N–H and O–H groups in total. The van der Waals surface area contributed by atoms with E-state index in [1.807, 2.05) is 36.0 Å². The molecule has 3 nitrogen and oxygen atoms in total. The van der Waals surface area contributed by atoms with Gasteiger partial charge in [-0.15, -0.1) is 0 Å². The molecule has 0 saturated heterocycles. The largest absolute Gasteiger partial charge is 0.398 e. The Morgan fingerprint density at radius 2 is 1.90 bits per heavy atom. The van der Waals surface area contributed by atoms with Crippen molar-refractivity contribution in [3.05, 3.63) is 63.5 Å². The van der Waals surface area contributed by atoms with Crippen LogP contribution in [0.15, 0.2) is 47.4 Å². The Labute approximate surface area is 127 Å². The third-order valence-corrected chi connectivity index (χ3v) is 4.24. The van der Waals surface area contributed by atoms with Gasteiger partial charge in [-0.2, -0.15) is 11.8 Å².